The van der Waals surface area contributed by atoms with Crippen LogP contribution in [0.3, 0.4) is 0 Å². The first-order valence-electron chi connectivity index (χ1n) is 5.11. The van der Waals surface area contributed by atoms with E-state index in [0.29, 0.717) is 29.8 Å². The molecule has 0 aliphatic rings. The highest BCUT2D eigenvalue weighted by atomic mass is 35.5. The van der Waals surface area contributed by atoms with Gasteiger partial charge in [-0.1, -0.05) is 0 Å². The summed E-state index contributed by atoms with van der Waals surface area (Å²) in [5, 5.41) is 0.481. The summed E-state index contributed by atoms with van der Waals surface area (Å²) in [6.45, 7) is 0.368. The molecule has 4 nitrogen and oxygen atoms in total. The quantitative estimate of drug-likeness (QED) is 0.673. The second-order valence-electron chi connectivity index (χ2n) is 3.45. The summed E-state index contributed by atoms with van der Waals surface area (Å²) >= 11 is 5.51. The van der Waals surface area contributed by atoms with Crippen LogP contribution >= 0.6 is 11.6 Å². The van der Waals surface area contributed by atoms with E-state index < -0.39 is 5.82 Å². The van der Waals surface area contributed by atoms with Crippen molar-refractivity contribution < 1.29 is 9.13 Å². The minimum atomic E-state index is -0.478. The summed E-state index contributed by atoms with van der Waals surface area (Å²) in [4.78, 5) is 7.80. The Morgan fingerprint density at radius 2 is 2.18 bits per heavy atom. The molecule has 0 saturated carbocycles. The predicted molar refractivity (Wildman–Crippen MR) is 64.7 cm³/mol. The first-order chi connectivity index (χ1) is 8.22. The van der Waals surface area contributed by atoms with E-state index in [2.05, 4.69) is 9.97 Å². The first-order valence-corrected chi connectivity index (χ1v) is 5.64. The van der Waals surface area contributed by atoms with Gasteiger partial charge in [-0.25, -0.2) is 14.4 Å². The molecular weight excluding hydrogens is 245 g/mol. The van der Waals surface area contributed by atoms with Crippen LogP contribution in [-0.2, 0) is 0 Å². The van der Waals surface area contributed by atoms with Crippen LogP contribution < -0.4 is 10.5 Å². The number of ether oxygens (including phenoxy) is 1. The number of alkyl halides is 1. The number of nitrogens with zero attached hydrogens (tertiary/aromatic N) is 2. The van der Waals surface area contributed by atoms with Gasteiger partial charge < -0.3 is 10.5 Å². The van der Waals surface area contributed by atoms with Gasteiger partial charge in [-0.05, 0) is 12.5 Å². The zero-order chi connectivity index (χ0) is 12.3. The van der Waals surface area contributed by atoms with Gasteiger partial charge in [-0.15, -0.1) is 11.6 Å². The number of nitrogens with two attached hydrogens (primary N) is 1. The third-order valence-corrected chi connectivity index (χ3v) is 2.52. The standard InChI is InChI=1S/C11H11ClFN3O/c12-2-1-3-17-10-5-9-7(4-8(10)13)11(14)16-6-15-9/h4-6H,1-3H2,(H2,14,15,16). The van der Waals surface area contributed by atoms with Gasteiger partial charge in [0.05, 0.1) is 12.1 Å². The Morgan fingerprint density at radius 3 is 2.94 bits per heavy atom. The van der Waals surface area contributed by atoms with Crippen LogP contribution in [0.2, 0.25) is 0 Å². The van der Waals surface area contributed by atoms with E-state index in [1.54, 1.807) is 0 Å². The Balaban J connectivity index is 2.35. The summed E-state index contributed by atoms with van der Waals surface area (Å²) in [6.07, 6.45) is 1.99. The van der Waals surface area contributed by atoms with Gasteiger partial charge in [0.25, 0.3) is 0 Å². The van der Waals surface area contributed by atoms with Gasteiger partial charge in [0.1, 0.15) is 12.1 Å². The minimum absolute atomic E-state index is 0.153. The van der Waals surface area contributed by atoms with Crippen LogP contribution in [0.4, 0.5) is 10.2 Å². The highest BCUT2D eigenvalue weighted by Gasteiger charge is 2.09. The molecule has 0 atom stereocenters. The van der Waals surface area contributed by atoms with Crippen molar-refractivity contribution in [1.29, 1.82) is 0 Å². The van der Waals surface area contributed by atoms with Gasteiger partial charge in [0.15, 0.2) is 11.6 Å². The molecule has 0 saturated heterocycles. The molecule has 0 aliphatic heterocycles. The van der Waals surface area contributed by atoms with E-state index in [-0.39, 0.29) is 11.6 Å². The Labute approximate surface area is 103 Å². The number of hydrogen-bond donors (Lipinski definition) is 1. The number of nitrogen functional groups attached to an aromatic ring is 1. The second kappa shape index (κ2) is 5.14. The van der Waals surface area contributed by atoms with Gasteiger partial charge >= 0.3 is 0 Å². The smallest absolute Gasteiger partial charge is 0.165 e. The van der Waals surface area contributed by atoms with Crippen molar-refractivity contribution in [2.45, 2.75) is 6.42 Å². The fourth-order valence-electron chi connectivity index (χ4n) is 1.42. The summed E-state index contributed by atoms with van der Waals surface area (Å²) in [5.74, 6) is 0.403. The van der Waals surface area contributed by atoms with Crippen molar-refractivity contribution >= 4 is 28.3 Å². The molecule has 90 valence electrons. The molecular formula is C11H11ClFN3O. The van der Waals surface area contributed by atoms with E-state index in [1.165, 1.54) is 18.5 Å². The van der Waals surface area contributed by atoms with Crippen LogP contribution in [0.5, 0.6) is 5.75 Å². The number of hydrogen-bond acceptors (Lipinski definition) is 4. The highest BCUT2D eigenvalue weighted by Crippen LogP contribution is 2.25. The van der Waals surface area contributed by atoms with Crippen LogP contribution in [0.15, 0.2) is 18.5 Å². The van der Waals surface area contributed by atoms with E-state index >= 15 is 0 Å². The van der Waals surface area contributed by atoms with Crippen molar-refractivity contribution in [1.82, 2.24) is 9.97 Å². The lowest BCUT2D eigenvalue weighted by atomic mass is 10.2. The van der Waals surface area contributed by atoms with E-state index in [4.69, 9.17) is 22.1 Å². The zero-order valence-corrected chi connectivity index (χ0v) is 9.75. The molecule has 0 radical (unpaired) electrons. The maximum Gasteiger partial charge on any atom is 0.165 e. The molecule has 0 spiro atoms. The van der Waals surface area contributed by atoms with Crippen molar-refractivity contribution in [3.63, 3.8) is 0 Å². The van der Waals surface area contributed by atoms with Crippen LogP contribution in [-0.4, -0.2) is 22.5 Å². The molecule has 0 unspecified atom stereocenters. The molecule has 2 N–H and O–H groups in total. The summed E-state index contributed by atoms with van der Waals surface area (Å²) in [7, 11) is 0. The lowest BCUT2D eigenvalue weighted by molar-refractivity contribution is 0.302. The van der Waals surface area contributed by atoms with Crippen LogP contribution in [0.25, 0.3) is 10.9 Å². The minimum Gasteiger partial charge on any atom is -0.490 e. The number of halogens is 2. The molecule has 0 aliphatic carbocycles. The predicted octanol–water partition coefficient (Wildman–Crippen LogP) is 2.36. The SMILES string of the molecule is Nc1ncnc2cc(OCCCCl)c(F)cc12. The van der Waals surface area contributed by atoms with Crippen molar-refractivity contribution in [2.24, 2.45) is 0 Å². The number of fused-ring (bicyclic) bond motifs is 1. The van der Waals surface area contributed by atoms with Gasteiger partial charge in [-0.3, -0.25) is 0 Å². The molecule has 0 fully saturated rings. The average Bonchev–Trinajstić information content (AvgIpc) is 2.31. The fourth-order valence-corrected chi connectivity index (χ4v) is 1.53. The highest BCUT2D eigenvalue weighted by molar-refractivity contribution is 6.17. The maximum absolute atomic E-state index is 13.7. The Bertz CT molecular complexity index is 535. The fraction of sp³-hybridized carbons (Fsp3) is 0.273. The summed E-state index contributed by atoms with van der Waals surface area (Å²) < 4.78 is 18.9. The first kappa shape index (κ1) is 11.9. The normalized spacial score (nSPS) is 10.7. The zero-order valence-electron chi connectivity index (χ0n) is 8.99. The van der Waals surface area contributed by atoms with Gasteiger partial charge in [-0.2, -0.15) is 0 Å². The summed E-state index contributed by atoms with van der Waals surface area (Å²) in [6, 6.07) is 2.79. The number of aromatic nitrogens is 2. The van der Waals surface area contributed by atoms with Crippen LogP contribution in [0.1, 0.15) is 6.42 Å². The van der Waals surface area contributed by atoms with E-state index in [9.17, 15) is 4.39 Å². The molecule has 2 aromatic rings. The molecule has 0 amide bonds. The largest absolute Gasteiger partial charge is 0.490 e. The number of benzene rings is 1. The van der Waals surface area contributed by atoms with Crippen molar-refractivity contribution in [3.05, 3.63) is 24.3 Å². The maximum atomic E-state index is 13.7. The van der Waals surface area contributed by atoms with Gasteiger partial charge in [0.2, 0.25) is 0 Å². The molecule has 0 bridgehead atoms. The molecule has 17 heavy (non-hydrogen) atoms. The molecule has 2 rings (SSSR count). The average molecular weight is 256 g/mol. The summed E-state index contributed by atoms with van der Waals surface area (Å²) in [5.41, 5.74) is 6.18. The van der Waals surface area contributed by atoms with Crippen molar-refractivity contribution in [2.75, 3.05) is 18.2 Å². The molecule has 6 heteroatoms. The van der Waals surface area contributed by atoms with E-state index in [1.807, 2.05) is 0 Å². The molecule has 1 aromatic carbocycles. The van der Waals surface area contributed by atoms with Crippen LogP contribution in [0, 0.1) is 5.82 Å². The number of rotatable bonds is 4. The molecule has 1 aromatic heterocycles. The topological polar surface area (TPSA) is 61.0 Å². The third-order valence-electron chi connectivity index (χ3n) is 2.26. The lowest BCUT2D eigenvalue weighted by Gasteiger charge is -2.08. The Hall–Kier alpha value is -1.62. The third kappa shape index (κ3) is 2.55. The Kier molecular flexibility index (Phi) is 3.58. The number of anilines is 1. The monoisotopic (exact) mass is 255 g/mol. The lowest BCUT2D eigenvalue weighted by Crippen LogP contribution is -2.01. The van der Waals surface area contributed by atoms with Gasteiger partial charge in [0, 0.05) is 17.3 Å². The second-order valence-corrected chi connectivity index (χ2v) is 3.83. The molecule has 1 heterocycles. The van der Waals surface area contributed by atoms with E-state index in [0.717, 1.165) is 0 Å². The van der Waals surface area contributed by atoms with Crippen molar-refractivity contribution in [3.8, 4) is 5.75 Å². The Morgan fingerprint density at radius 1 is 1.35 bits per heavy atom.